The van der Waals surface area contributed by atoms with E-state index >= 15 is 0 Å². The van der Waals surface area contributed by atoms with Gasteiger partial charge in [-0.1, -0.05) is 65.3 Å². The van der Waals surface area contributed by atoms with Gasteiger partial charge in [0.15, 0.2) is 0 Å². The first-order valence-electron chi connectivity index (χ1n) is 10.1. The highest BCUT2D eigenvalue weighted by molar-refractivity contribution is 7.99. The summed E-state index contributed by atoms with van der Waals surface area (Å²) in [5.74, 6) is 0.620. The van der Waals surface area contributed by atoms with Crippen LogP contribution in [0.5, 0.6) is 0 Å². The Hall–Kier alpha value is -1.55. The molecule has 1 fully saturated rings. The van der Waals surface area contributed by atoms with Gasteiger partial charge >= 0.3 is 0 Å². The molecule has 0 radical (unpaired) electrons. The van der Waals surface area contributed by atoms with Crippen LogP contribution in [0.4, 0.5) is 0 Å². The van der Waals surface area contributed by atoms with Crippen LogP contribution in [0.3, 0.4) is 0 Å². The number of benzene rings is 1. The van der Waals surface area contributed by atoms with Gasteiger partial charge in [-0.05, 0) is 78.7 Å². The zero-order chi connectivity index (χ0) is 19.8. The molecule has 1 aromatic carbocycles. The molecule has 0 atom stereocenters. The zero-order valence-electron chi connectivity index (χ0n) is 16.1. The number of halogens is 2. The van der Waals surface area contributed by atoms with Gasteiger partial charge in [0.1, 0.15) is 10.2 Å². The highest BCUT2D eigenvalue weighted by Gasteiger charge is 2.40. The van der Waals surface area contributed by atoms with Crippen LogP contribution in [0, 0.1) is 5.41 Å². The number of fused-ring (bicyclic) bond motifs is 1. The minimum atomic E-state index is 0.332. The first kappa shape index (κ1) is 19.4. The molecule has 0 bridgehead atoms. The van der Waals surface area contributed by atoms with Crippen LogP contribution in [0.1, 0.15) is 48.3 Å². The third-order valence-corrected chi connectivity index (χ3v) is 8.44. The van der Waals surface area contributed by atoms with Crippen molar-refractivity contribution in [3.8, 4) is 0 Å². The molecule has 2 heterocycles. The average molecular weight is 441 g/mol. The molecule has 5 rings (SSSR count). The van der Waals surface area contributed by atoms with Crippen molar-refractivity contribution in [2.24, 2.45) is 5.41 Å². The number of aromatic nitrogens is 2. The van der Waals surface area contributed by atoms with E-state index in [0.29, 0.717) is 21.5 Å². The summed E-state index contributed by atoms with van der Waals surface area (Å²) in [6, 6.07) is 15.2. The summed E-state index contributed by atoms with van der Waals surface area (Å²) in [4.78, 5) is 9.56. The Morgan fingerprint density at radius 1 is 0.897 bits per heavy atom. The lowest BCUT2D eigenvalue weighted by Crippen LogP contribution is -2.27. The normalized spacial score (nSPS) is 18.1. The summed E-state index contributed by atoms with van der Waals surface area (Å²) in [7, 11) is 0. The Morgan fingerprint density at radius 3 is 2.28 bits per heavy atom. The van der Waals surface area contributed by atoms with E-state index in [0.717, 1.165) is 9.92 Å². The van der Waals surface area contributed by atoms with Crippen LogP contribution in [0.15, 0.2) is 64.8 Å². The summed E-state index contributed by atoms with van der Waals surface area (Å²) < 4.78 is 0. The maximum Gasteiger partial charge on any atom is 0.148 e. The van der Waals surface area contributed by atoms with E-state index in [1.54, 1.807) is 17.3 Å². The van der Waals surface area contributed by atoms with E-state index in [-0.39, 0.29) is 0 Å². The second-order valence-electron chi connectivity index (χ2n) is 8.34. The molecule has 0 N–H and O–H groups in total. The van der Waals surface area contributed by atoms with Crippen molar-refractivity contribution in [3.05, 3.63) is 81.7 Å². The van der Waals surface area contributed by atoms with Gasteiger partial charge in [0, 0.05) is 17.3 Å². The number of pyridine rings is 2. The lowest BCUT2D eigenvalue weighted by atomic mass is 9.67. The first-order chi connectivity index (χ1) is 14.1. The van der Waals surface area contributed by atoms with Crippen LogP contribution < -0.4 is 0 Å². The molecule has 2 nitrogen and oxygen atoms in total. The molecule has 0 amide bonds. The van der Waals surface area contributed by atoms with Crippen molar-refractivity contribution >= 4 is 35.0 Å². The number of nitrogens with zero attached hydrogens (tertiary/aromatic N) is 2. The Balaban J connectivity index is 1.24. The third-order valence-electron chi connectivity index (χ3n) is 6.55. The van der Waals surface area contributed by atoms with Crippen LogP contribution in [0.2, 0.25) is 10.2 Å². The van der Waals surface area contributed by atoms with Crippen LogP contribution in [0.25, 0.3) is 0 Å². The van der Waals surface area contributed by atoms with Crippen molar-refractivity contribution in [1.29, 1.82) is 0 Å². The summed E-state index contributed by atoms with van der Waals surface area (Å²) in [5, 5.41) is 1.75. The Morgan fingerprint density at radius 2 is 1.62 bits per heavy atom. The van der Waals surface area contributed by atoms with Crippen molar-refractivity contribution in [2.75, 3.05) is 0 Å². The first-order valence-corrected chi connectivity index (χ1v) is 11.7. The van der Waals surface area contributed by atoms with Gasteiger partial charge in [0.05, 0.1) is 5.02 Å². The van der Waals surface area contributed by atoms with E-state index in [9.17, 15) is 0 Å². The maximum absolute atomic E-state index is 6.25. The topological polar surface area (TPSA) is 25.8 Å². The van der Waals surface area contributed by atoms with Gasteiger partial charge in [-0.15, -0.1) is 0 Å². The molecule has 1 spiro atoms. The molecular formula is C24H22Cl2N2S. The quantitative estimate of drug-likeness (QED) is 0.397. The van der Waals surface area contributed by atoms with Gasteiger partial charge in [0.25, 0.3) is 0 Å². The van der Waals surface area contributed by atoms with Crippen molar-refractivity contribution in [3.63, 3.8) is 0 Å². The van der Waals surface area contributed by atoms with Gasteiger partial charge < -0.3 is 0 Å². The van der Waals surface area contributed by atoms with Crippen molar-refractivity contribution in [2.45, 2.75) is 54.4 Å². The molecule has 1 saturated carbocycles. The monoisotopic (exact) mass is 440 g/mol. The molecule has 2 aromatic heterocycles. The molecule has 2 aliphatic rings. The van der Waals surface area contributed by atoms with E-state index in [4.69, 9.17) is 23.2 Å². The standard InChI is InChI=1S/C24H22Cl2N2S/c25-22-20(9-12-27-23(22)26)29-21-6-5-19(15-28-21)16-7-10-24(11-8-16)13-17-3-1-2-4-18(17)14-24/h1-6,9,12,15-16H,7-8,10-11,13-14H2. The summed E-state index contributed by atoms with van der Waals surface area (Å²) >= 11 is 13.8. The summed E-state index contributed by atoms with van der Waals surface area (Å²) in [6.45, 7) is 0. The molecule has 0 saturated heterocycles. The minimum Gasteiger partial charge on any atom is -0.249 e. The van der Waals surface area contributed by atoms with Gasteiger partial charge in [0.2, 0.25) is 0 Å². The number of hydrogen-bond acceptors (Lipinski definition) is 3. The van der Waals surface area contributed by atoms with Crippen LogP contribution >= 0.6 is 35.0 Å². The SMILES string of the molecule is Clc1nccc(Sc2ccc(C3CCC4(CC3)Cc3ccccc3C4)cn2)c1Cl. The molecule has 2 aliphatic carbocycles. The molecule has 5 heteroatoms. The fourth-order valence-corrected chi connectivity index (χ4v) is 6.20. The Labute approximate surface area is 186 Å². The molecule has 0 unspecified atom stereocenters. The highest BCUT2D eigenvalue weighted by Crippen LogP contribution is 2.50. The third kappa shape index (κ3) is 3.93. The van der Waals surface area contributed by atoms with Crippen LogP contribution in [-0.2, 0) is 12.8 Å². The van der Waals surface area contributed by atoms with E-state index in [1.165, 1.54) is 55.9 Å². The van der Waals surface area contributed by atoms with Crippen molar-refractivity contribution < 1.29 is 0 Å². The highest BCUT2D eigenvalue weighted by atomic mass is 35.5. The largest absolute Gasteiger partial charge is 0.249 e. The van der Waals surface area contributed by atoms with Crippen LogP contribution in [-0.4, -0.2) is 9.97 Å². The summed E-state index contributed by atoms with van der Waals surface area (Å²) in [6.07, 6.45) is 11.4. The molecule has 0 aliphatic heterocycles. The second-order valence-corrected chi connectivity index (χ2v) is 10.1. The Bertz CT molecular complexity index is 1000. The van der Waals surface area contributed by atoms with E-state index < -0.39 is 0 Å². The minimum absolute atomic E-state index is 0.332. The zero-order valence-corrected chi connectivity index (χ0v) is 18.4. The maximum atomic E-state index is 6.25. The molecular weight excluding hydrogens is 419 g/mol. The van der Waals surface area contributed by atoms with Crippen molar-refractivity contribution in [1.82, 2.24) is 9.97 Å². The second kappa shape index (κ2) is 7.94. The average Bonchev–Trinajstić information content (AvgIpc) is 3.10. The lowest BCUT2D eigenvalue weighted by Gasteiger charge is -2.37. The smallest absolute Gasteiger partial charge is 0.148 e. The van der Waals surface area contributed by atoms with Gasteiger partial charge in [-0.3, -0.25) is 0 Å². The summed E-state index contributed by atoms with van der Waals surface area (Å²) in [5.41, 5.74) is 5.01. The number of hydrogen-bond donors (Lipinski definition) is 0. The predicted molar refractivity (Wildman–Crippen MR) is 120 cm³/mol. The van der Waals surface area contributed by atoms with Gasteiger partial charge in [-0.2, -0.15) is 0 Å². The molecule has 3 aromatic rings. The molecule has 29 heavy (non-hydrogen) atoms. The van der Waals surface area contributed by atoms with E-state index in [1.807, 2.05) is 12.3 Å². The lowest BCUT2D eigenvalue weighted by molar-refractivity contribution is 0.186. The predicted octanol–water partition coefficient (Wildman–Crippen LogP) is 7.38. The molecule has 148 valence electrons. The van der Waals surface area contributed by atoms with E-state index in [2.05, 4.69) is 46.4 Å². The Kier molecular flexibility index (Phi) is 5.32. The van der Waals surface area contributed by atoms with Gasteiger partial charge in [-0.25, -0.2) is 9.97 Å². The fourth-order valence-electron chi connectivity index (χ4n) is 4.98. The number of rotatable bonds is 3. The fraction of sp³-hybridized carbons (Fsp3) is 0.333.